The van der Waals surface area contributed by atoms with E-state index >= 15 is 0 Å². The van der Waals surface area contributed by atoms with Crippen LogP contribution in [0.4, 0.5) is 11.4 Å². The van der Waals surface area contributed by atoms with E-state index in [-0.39, 0.29) is 11.3 Å². The van der Waals surface area contributed by atoms with E-state index in [4.69, 9.17) is 5.73 Å². The van der Waals surface area contributed by atoms with Gasteiger partial charge >= 0.3 is 0 Å². The first kappa shape index (κ1) is 14.3. The third-order valence-electron chi connectivity index (χ3n) is 3.38. The molecular formula is C13H18N4O3. The highest BCUT2D eigenvalue weighted by molar-refractivity contribution is 5.99. The SMILES string of the molecule is CN(CCNC(=O)c1cc(N)ccc1[N+](=O)[O-])C1CC1. The van der Waals surface area contributed by atoms with E-state index in [1.165, 1.54) is 31.0 Å². The fourth-order valence-electron chi connectivity index (χ4n) is 2.03. The Morgan fingerprint density at radius 2 is 2.25 bits per heavy atom. The molecule has 1 amide bonds. The Kier molecular flexibility index (Phi) is 4.19. The predicted octanol–water partition coefficient (Wildman–Crippen LogP) is 1.00. The van der Waals surface area contributed by atoms with Crippen molar-refractivity contribution in [3.05, 3.63) is 33.9 Å². The van der Waals surface area contributed by atoms with Crippen LogP contribution in [0.1, 0.15) is 23.2 Å². The fraction of sp³-hybridized carbons (Fsp3) is 0.462. The Labute approximate surface area is 116 Å². The number of nitrogens with two attached hydrogens (primary N) is 1. The lowest BCUT2D eigenvalue weighted by Gasteiger charge is -2.15. The molecule has 1 aliphatic rings. The zero-order chi connectivity index (χ0) is 14.7. The zero-order valence-corrected chi connectivity index (χ0v) is 11.3. The number of carbonyl (C=O) groups is 1. The molecule has 0 unspecified atom stereocenters. The molecule has 0 radical (unpaired) electrons. The highest BCUT2D eigenvalue weighted by Crippen LogP contribution is 2.24. The number of nitro benzene ring substituents is 1. The molecule has 0 aromatic heterocycles. The van der Waals surface area contributed by atoms with E-state index in [9.17, 15) is 14.9 Å². The summed E-state index contributed by atoms with van der Waals surface area (Å²) in [5.41, 5.74) is 5.68. The van der Waals surface area contributed by atoms with Crippen LogP contribution in [-0.4, -0.2) is 41.9 Å². The maximum Gasteiger partial charge on any atom is 0.282 e. The van der Waals surface area contributed by atoms with Crippen LogP contribution in [0, 0.1) is 10.1 Å². The molecule has 7 heteroatoms. The average molecular weight is 278 g/mol. The smallest absolute Gasteiger partial charge is 0.282 e. The van der Waals surface area contributed by atoms with Crippen molar-refractivity contribution in [3.8, 4) is 0 Å². The fourth-order valence-corrected chi connectivity index (χ4v) is 2.03. The van der Waals surface area contributed by atoms with Gasteiger partial charge in [0, 0.05) is 30.9 Å². The molecule has 7 nitrogen and oxygen atoms in total. The van der Waals surface area contributed by atoms with Gasteiger partial charge in [0.1, 0.15) is 5.56 Å². The van der Waals surface area contributed by atoms with Crippen molar-refractivity contribution < 1.29 is 9.72 Å². The summed E-state index contributed by atoms with van der Waals surface area (Å²) in [6, 6.07) is 4.61. The number of nitro groups is 1. The molecule has 20 heavy (non-hydrogen) atoms. The summed E-state index contributed by atoms with van der Waals surface area (Å²) < 4.78 is 0. The molecule has 0 atom stereocenters. The van der Waals surface area contributed by atoms with Gasteiger partial charge < -0.3 is 16.0 Å². The highest BCUT2D eigenvalue weighted by atomic mass is 16.6. The van der Waals surface area contributed by atoms with Crippen LogP contribution in [0.15, 0.2) is 18.2 Å². The first-order chi connectivity index (χ1) is 9.49. The van der Waals surface area contributed by atoms with E-state index in [1.807, 2.05) is 7.05 Å². The molecule has 1 aromatic rings. The van der Waals surface area contributed by atoms with Crippen LogP contribution in [0.3, 0.4) is 0 Å². The first-order valence-electron chi connectivity index (χ1n) is 6.51. The monoisotopic (exact) mass is 278 g/mol. The number of rotatable bonds is 6. The third-order valence-corrected chi connectivity index (χ3v) is 3.38. The minimum Gasteiger partial charge on any atom is -0.399 e. The number of carbonyl (C=O) groups excluding carboxylic acids is 1. The zero-order valence-electron chi connectivity index (χ0n) is 11.3. The van der Waals surface area contributed by atoms with Gasteiger partial charge in [0.25, 0.3) is 11.6 Å². The van der Waals surface area contributed by atoms with Crippen molar-refractivity contribution in [1.29, 1.82) is 0 Å². The quantitative estimate of drug-likeness (QED) is 0.459. The number of nitrogens with zero attached hydrogens (tertiary/aromatic N) is 2. The van der Waals surface area contributed by atoms with Gasteiger partial charge in [-0.1, -0.05) is 0 Å². The van der Waals surface area contributed by atoms with Crippen LogP contribution in [0.5, 0.6) is 0 Å². The molecule has 0 spiro atoms. The highest BCUT2D eigenvalue weighted by Gasteiger charge is 2.26. The van der Waals surface area contributed by atoms with E-state index in [1.54, 1.807) is 0 Å². The number of nitrogens with one attached hydrogen (secondary N) is 1. The molecule has 0 aliphatic heterocycles. The molecule has 1 fully saturated rings. The van der Waals surface area contributed by atoms with E-state index in [2.05, 4.69) is 10.2 Å². The number of benzene rings is 1. The number of hydrogen-bond acceptors (Lipinski definition) is 5. The summed E-state index contributed by atoms with van der Waals surface area (Å²) in [5, 5.41) is 13.6. The number of hydrogen-bond donors (Lipinski definition) is 2. The standard InChI is InChI=1S/C13H18N4O3/c1-16(10-3-4-10)7-6-15-13(18)11-8-9(14)2-5-12(11)17(19)20/h2,5,8,10H,3-4,6-7,14H2,1H3,(H,15,18). The summed E-state index contributed by atoms with van der Waals surface area (Å²) >= 11 is 0. The molecule has 1 aromatic carbocycles. The normalized spacial score (nSPS) is 14.3. The molecule has 108 valence electrons. The maximum atomic E-state index is 12.0. The van der Waals surface area contributed by atoms with Crippen LogP contribution in [-0.2, 0) is 0 Å². The lowest BCUT2D eigenvalue weighted by Crippen LogP contribution is -2.34. The number of likely N-dealkylation sites (N-methyl/N-ethyl adjacent to an activating group) is 1. The molecule has 2 rings (SSSR count). The Balaban J connectivity index is 1.97. The van der Waals surface area contributed by atoms with Crippen molar-refractivity contribution in [3.63, 3.8) is 0 Å². The molecule has 1 aliphatic carbocycles. The van der Waals surface area contributed by atoms with E-state index in [0.717, 1.165) is 6.54 Å². The van der Waals surface area contributed by atoms with Gasteiger partial charge in [-0.15, -0.1) is 0 Å². The van der Waals surface area contributed by atoms with Gasteiger partial charge in [0.2, 0.25) is 0 Å². The van der Waals surface area contributed by atoms with Crippen molar-refractivity contribution in [2.75, 3.05) is 25.9 Å². The average Bonchev–Trinajstić information content (AvgIpc) is 3.22. The summed E-state index contributed by atoms with van der Waals surface area (Å²) in [7, 11) is 2.01. The van der Waals surface area contributed by atoms with Gasteiger partial charge in [0.15, 0.2) is 0 Å². The predicted molar refractivity (Wildman–Crippen MR) is 75.5 cm³/mol. The maximum absolute atomic E-state index is 12.0. The number of amides is 1. The van der Waals surface area contributed by atoms with Gasteiger partial charge in [-0.05, 0) is 32.0 Å². The number of nitrogen functional groups attached to an aromatic ring is 1. The van der Waals surface area contributed by atoms with Crippen molar-refractivity contribution in [2.45, 2.75) is 18.9 Å². The lowest BCUT2D eigenvalue weighted by molar-refractivity contribution is -0.385. The Morgan fingerprint density at radius 1 is 1.55 bits per heavy atom. The molecule has 0 heterocycles. The summed E-state index contributed by atoms with van der Waals surface area (Å²) in [4.78, 5) is 24.5. The van der Waals surface area contributed by atoms with E-state index in [0.29, 0.717) is 18.3 Å². The Morgan fingerprint density at radius 3 is 2.85 bits per heavy atom. The third kappa shape index (κ3) is 3.45. The Hall–Kier alpha value is -2.15. The minimum absolute atomic E-state index is 0.00377. The van der Waals surface area contributed by atoms with Crippen LogP contribution in [0.25, 0.3) is 0 Å². The van der Waals surface area contributed by atoms with Crippen molar-refractivity contribution in [1.82, 2.24) is 10.2 Å². The first-order valence-corrected chi connectivity index (χ1v) is 6.51. The molecule has 3 N–H and O–H groups in total. The van der Waals surface area contributed by atoms with Crippen molar-refractivity contribution in [2.24, 2.45) is 0 Å². The molecule has 0 saturated heterocycles. The summed E-state index contributed by atoms with van der Waals surface area (Å²) in [6.45, 7) is 1.18. The topological polar surface area (TPSA) is 102 Å². The summed E-state index contributed by atoms with van der Waals surface area (Å²) in [6.07, 6.45) is 2.40. The van der Waals surface area contributed by atoms with E-state index < -0.39 is 10.8 Å². The molecular weight excluding hydrogens is 260 g/mol. The second-order valence-corrected chi connectivity index (χ2v) is 5.00. The largest absolute Gasteiger partial charge is 0.399 e. The van der Waals surface area contributed by atoms with Crippen LogP contribution >= 0.6 is 0 Å². The van der Waals surface area contributed by atoms with Gasteiger partial charge in [0.05, 0.1) is 4.92 Å². The lowest BCUT2D eigenvalue weighted by atomic mass is 10.1. The molecule has 1 saturated carbocycles. The number of anilines is 1. The molecule has 0 bridgehead atoms. The van der Waals surface area contributed by atoms with Gasteiger partial charge in [-0.25, -0.2) is 0 Å². The van der Waals surface area contributed by atoms with Crippen LogP contribution < -0.4 is 11.1 Å². The Bertz CT molecular complexity index is 528. The van der Waals surface area contributed by atoms with Crippen LogP contribution in [0.2, 0.25) is 0 Å². The van der Waals surface area contributed by atoms with Gasteiger partial charge in [-0.2, -0.15) is 0 Å². The second-order valence-electron chi connectivity index (χ2n) is 5.00. The summed E-state index contributed by atoms with van der Waals surface area (Å²) in [5.74, 6) is -0.465. The van der Waals surface area contributed by atoms with Gasteiger partial charge in [-0.3, -0.25) is 14.9 Å². The minimum atomic E-state index is -0.579. The van der Waals surface area contributed by atoms with Crippen molar-refractivity contribution >= 4 is 17.3 Å². The second kappa shape index (κ2) is 5.87.